The van der Waals surface area contributed by atoms with E-state index >= 15 is 0 Å². The van der Waals surface area contributed by atoms with E-state index in [1.807, 2.05) is 55.1 Å². The first-order valence-corrected chi connectivity index (χ1v) is 12.7. The number of likely N-dealkylation sites (tertiary alicyclic amines) is 1. The van der Waals surface area contributed by atoms with E-state index in [9.17, 15) is 9.59 Å². The number of nitrogens with one attached hydrogen (secondary N) is 1. The van der Waals surface area contributed by atoms with Crippen molar-refractivity contribution in [1.29, 1.82) is 0 Å². The van der Waals surface area contributed by atoms with E-state index in [4.69, 9.17) is 4.74 Å². The van der Waals surface area contributed by atoms with E-state index in [0.717, 1.165) is 69.2 Å². The standard InChI is InChI=1S/C28H38N4O3/c1-20(2)27(33)29-22-9-10-24(23(19-22)28(34)32-13-11-21(3)12-14-32)30-15-17-31(18-16-30)25-7-5-6-8-26(25)35-4/h5-10,19-21H,11-18H2,1-4H3,(H,29,33). The molecule has 35 heavy (non-hydrogen) atoms. The molecule has 1 N–H and O–H groups in total. The van der Waals surface area contributed by atoms with Crippen LogP contribution < -0.4 is 19.9 Å². The number of ether oxygens (including phenoxy) is 1. The molecule has 2 heterocycles. The maximum absolute atomic E-state index is 13.7. The summed E-state index contributed by atoms with van der Waals surface area (Å²) >= 11 is 0. The minimum Gasteiger partial charge on any atom is -0.495 e. The van der Waals surface area contributed by atoms with Crippen LogP contribution in [0.15, 0.2) is 42.5 Å². The molecule has 0 spiro atoms. The zero-order chi connectivity index (χ0) is 24.9. The highest BCUT2D eigenvalue weighted by Crippen LogP contribution is 2.32. The highest BCUT2D eigenvalue weighted by atomic mass is 16.5. The number of nitrogens with zero attached hydrogens (tertiary/aromatic N) is 3. The Kier molecular flexibility index (Phi) is 7.83. The molecule has 2 aliphatic heterocycles. The summed E-state index contributed by atoms with van der Waals surface area (Å²) in [5.41, 5.74) is 3.39. The minimum absolute atomic E-state index is 0.0478. The lowest BCUT2D eigenvalue weighted by Crippen LogP contribution is -2.47. The van der Waals surface area contributed by atoms with Crippen molar-refractivity contribution in [2.45, 2.75) is 33.6 Å². The Morgan fingerprint density at radius 2 is 1.54 bits per heavy atom. The van der Waals surface area contributed by atoms with Gasteiger partial charge in [-0.25, -0.2) is 0 Å². The second-order valence-corrected chi connectivity index (χ2v) is 10.00. The average molecular weight is 479 g/mol. The fourth-order valence-corrected chi connectivity index (χ4v) is 4.81. The SMILES string of the molecule is COc1ccccc1N1CCN(c2ccc(NC(=O)C(C)C)cc2C(=O)N2CCC(C)CC2)CC1. The lowest BCUT2D eigenvalue weighted by Gasteiger charge is -2.39. The van der Waals surface area contributed by atoms with Crippen molar-refractivity contribution in [2.24, 2.45) is 11.8 Å². The van der Waals surface area contributed by atoms with E-state index < -0.39 is 0 Å². The normalized spacial score (nSPS) is 17.0. The highest BCUT2D eigenvalue weighted by Gasteiger charge is 2.27. The molecule has 2 saturated heterocycles. The van der Waals surface area contributed by atoms with Gasteiger partial charge in [0.25, 0.3) is 5.91 Å². The van der Waals surface area contributed by atoms with E-state index in [2.05, 4.69) is 28.1 Å². The molecule has 4 rings (SSSR count). The quantitative estimate of drug-likeness (QED) is 0.663. The Hall–Kier alpha value is -3.22. The van der Waals surface area contributed by atoms with Crippen molar-refractivity contribution in [3.05, 3.63) is 48.0 Å². The van der Waals surface area contributed by atoms with Crippen LogP contribution in [0.25, 0.3) is 0 Å². The third kappa shape index (κ3) is 5.72. The minimum atomic E-state index is -0.125. The molecule has 2 aliphatic rings. The molecular formula is C28H38N4O3. The third-order valence-electron chi connectivity index (χ3n) is 7.14. The highest BCUT2D eigenvalue weighted by molar-refractivity contribution is 6.02. The summed E-state index contributed by atoms with van der Waals surface area (Å²) in [4.78, 5) is 32.6. The van der Waals surface area contributed by atoms with Gasteiger partial charge < -0.3 is 24.8 Å². The summed E-state index contributed by atoms with van der Waals surface area (Å²) in [6, 6.07) is 13.9. The topological polar surface area (TPSA) is 65.1 Å². The molecule has 0 radical (unpaired) electrons. The van der Waals surface area contributed by atoms with Crippen LogP contribution in [-0.4, -0.2) is 63.1 Å². The first-order valence-electron chi connectivity index (χ1n) is 12.7. The molecule has 2 aromatic carbocycles. The lowest BCUT2D eigenvalue weighted by atomic mass is 9.98. The Labute approximate surface area is 209 Å². The van der Waals surface area contributed by atoms with Crippen molar-refractivity contribution >= 4 is 28.9 Å². The zero-order valence-electron chi connectivity index (χ0n) is 21.4. The van der Waals surface area contributed by atoms with Crippen molar-refractivity contribution in [1.82, 2.24) is 4.90 Å². The molecule has 7 heteroatoms. The summed E-state index contributed by atoms with van der Waals surface area (Å²) in [5, 5.41) is 2.97. The molecule has 188 valence electrons. The number of amides is 2. The maximum atomic E-state index is 13.7. The molecule has 0 unspecified atom stereocenters. The smallest absolute Gasteiger partial charge is 0.256 e. The first-order chi connectivity index (χ1) is 16.9. The molecule has 0 aromatic heterocycles. The van der Waals surface area contributed by atoms with E-state index in [-0.39, 0.29) is 17.7 Å². The van der Waals surface area contributed by atoms with Crippen molar-refractivity contribution in [2.75, 3.05) is 61.5 Å². The molecule has 2 fully saturated rings. The number of rotatable bonds is 6. The van der Waals surface area contributed by atoms with Crippen LogP contribution in [0.4, 0.5) is 17.1 Å². The Morgan fingerprint density at radius 1 is 0.914 bits per heavy atom. The molecule has 2 aromatic rings. The third-order valence-corrected chi connectivity index (χ3v) is 7.14. The molecule has 0 bridgehead atoms. The average Bonchev–Trinajstić information content (AvgIpc) is 2.88. The van der Waals surface area contributed by atoms with Crippen molar-refractivity contribution in [3.8, 4) is 5.75 Å². The van der Waals surface area contributed by atoms with Gasteiger partial charge in [0.2, 0.25) is 5.91 Å². The number of para-hydroxylation sites is 2. The molecule has 0 aliphatic carbocycles. The number of hydrogen-bond acceptors (Lipinski definition) is 5. The van der Waals surface area contributed by atoms with Gasteiger partial charge in [-0.2, -0.15) is 0 Å². The van der Waals surface area contributed by atoms with Crippen LogP contribution in [0.2, 0.25) is 0 Å². The van der Waals surface area contributed by atoms with Crippen molar-refractivity contribution in [3.63, 3.8) is 0 Å². The number of piperidine rings is 1. The van der Waals surface area contributed by atoms with Gasteiger partial charge in [-0.3, -0.25) is 9.59 Å². The van der Waals surface area contributed by atoms with Gasteiger partial charge in [0, 0.05) is 56.6 Å². The van der Waals surface area contributed by atoms with Gasteiger partial charge in [-0.1, -0.05) is 32.9 Å². The number of carbonyl (C=O) groups excluding carboxylic acids is 2. The predicted octanol–water partition coefficient (Wildman–Crippen LogP) is 4.49. The van der Waals surface area contributed by atoms with Gasteiger partial charge in [0.15, 0.2) is 0 Å². The van der Waals surface area contributed by atoms with Crippen LogP contribution in [0.5, 0.6) is 5.75 Å². The fourth-order valence-electron chi connectivity index (χ4n) is 4.81. The number of carbonyl (C=O) groups is 2. The second-order valence-electron chi connectivity index (χ2n) is 10.00. The number of hydrogen-bond donors (Lipinski definition) is 1. The van der Waals surface area contributed by atoms with Crippen LogP contribution in [0.3, 0.4) is 0 Å². The molecule has 2 amide bonds. The van der Waals surface area contributed by atoms with E-state index in [1.165, 1.54) is 0 Å². The summed E-state index contributed by atoms with van der Waals surface area (Å²) in [6.07, 6.45) is 2.06. The van der Waals surface area contributed by atoms with Gasteiger partial charge in [-0.05, 0) is 49.1 Å². The summed E-state index contributed by atoms with van der Waals surface area (Å²) in [5.74, 6) is 1.41. The molecule has 7 nitrogen and oxygen atoms in total. The monoisotopic (exact) mass is 478 g/mol. The second kappa shape index (κ2) is 11.0. The van der Waals surface area contributed by atoms with Crippen molar-refractivity contribution < 1.29 is 14.3 Å². The largest absolute Gasteiger partial charge is 0.495 e. The molecule has 0 saturated carbocycles. The summed E-state index contributed by atoms with van der Waals surface area (Å²) in [6.45, 7) is 10.8. The Bertz CT molecular complexity index is 1040. The van der Waals surface area contributed by atoms with Gasteiger partial charge in [0.1, 0.15) is 5.75 Å². The zero-order valence-corrected chi connectivity index (χ0v) is 21.4. The number of anilines is 3. The van der Waals surface area contributed by atoms with Crippen LogP contribution in [0.1, 0.15) is 44.0 Å². The lowest BCUT2D eigenvalue weighted by molar-refractivity contribution is -0.118. The number of piperazine rings is 1. The van der Waals surface area contributed by atoms with Crippen LogP contribution >= 0.6 is 0 Å². The number of methoxy groups -OCH3 is 1. The molecular weight excluding hydrogens is 440 g/mol. The first kappa shape index (κ1) is 24.9. The number of benzene rings is 2. The summed E-state index contributed by atoms with van der Waals surface area (Å²) in [7, 11) is 1.70. The predicted molar refractivity (Wildman–Crippen MR) is 142 cm³/mol. The summed E-state index contributed by atoms with van der Waals surface area (Å²) < 4.78 is 5.56. The van der Waals surface area contributed by atoms with E-state index in [1.54, 1.807) is 7.11 Å². The van der Waals surface area contributed by atoms with Crippen LogP contribution in [-0.2, 0) is 4.79 Å². The van der Waals surface area contributed by atoms with E-state index in [0.29, 0.717) is 17.2 Å². The fraction of sp³-hybridized carbons (Fsp3) is 0.500. The van der Waals surface area contributed by atoms with Gasteiger partial charge in [-0.15, -0.1) is 0 Å². The molecule has 0 atom stereocenters. The Morgan fingerprint density at radius 3 is 2.17 bits per heavy atom. The maximum Gasteiger partial charge on any atom is 0.256 e. The van der Waals surface area contributed by atoms with Gasteiger partial charge >= 0.3 is 0 Å². The Balaban J connectivity index is 1.56. The van der Waals surface area contributed by atoms with Gasteiger partial charge in [0.05, 0.1) is 18.4 Å². The van der Waals surface area contributed by atoms with Crippen LogP contribution in [0, 0.1) is 11.8 Å².